The van der Waals surface area contributed by atoms with Gasteiger partial charge in [0.2, 0.25) is 0 Å². The van der Waals surface area contributed by atoms with E-state index in [0.29, 0.717) is 5.82 Å². The Bertz CT molecular complexity index is 368. The molecule has 0 bridgehead atoms. The van der Waals surface area contributed by atoms with Crippen LogP contribution >= 0.6 is 22.9 Å². The molecule has 4 nitrogen and oxygen atoms in total. The second-order valence-corrected chi connectivity index (χ2v) is 4.18. The topological polar surface area (TPSA) is 63.8 Å². The van der Waals surface area contributed by atoms with E-state index in [4.69, 9.17) is 5.73 Å². The van der Waals surface area contributed by atoms with E-state index in [1.165, 1.54) is 11.5 Å². The average molecular weight is 212 g/mol. The van der Waals surface area contributed by atoms with Crippen LogP contribution in [0.3, 0.4) is 0 Å². The molecule has 0 amide bonds. The second kappa shape index (κ2) is 3.71. The van der Waals surface area contributed by atoms with Crippen molar-refractivity contribution in [2.24, 2.45) is 0 Å². The summed E-state index contributed by atoms with van der Waals surface area (Å²) in [6.45, 7) is 0.735. The average Bonchev–Trinajstić information content (AvgIpc) is 2.71. The molecule has 0 saturated carbocycles. The number of nitrogens with two attached hydrogens (primary N) is 1. The number of thiazole rings is 1. The zero-order valence-electron chi connectivity index (χ0n) is 6.73. The Hall–Kier alpha value is -1.14. The van der Waals surface area contributed by atoms with Crippen LogP contribution < -0.4 is 11.1 Å². The molecule has 2 heterocycles. The molecule has 3 N–H and O–H groups in total. The van der Waals surface area contributed by atoms with Gasteiger partial charge in [0, 0.05) is 17.6 Å². The molecule has 2 aromatic heterocycles. The van der Waals surface area contributed by atoms with Crippen LogP contribution in [0.1, 0.15) is 5.01 Å². The molecule has 2 rings (SSSR count). The van der Waals surface area contributed by atoms with Crippen molar-refractivity contribution in [2.45, 2.75) is 6.54 Å². The third-order valence-electron chi connectivity index (χ3n) is 1.43. The molecule has 0 spiro atoms. The van der Waals surface area contributed by atoms with Gasteiger partial charge in [-0.15, -0.1) is 11.3 Å². The molecule has 0 aliphatic heterocycles. The minimum absolute atomic E-state index is 0.562. The predicted molar refractivity (Wildman–Crippen MR) is 56.0 cm³/mol. The first-order valence-corrected chi connectivity index (χ1v) is 5.34. The maximum atomic E-state index is 5.47. The van der Waals surface area contributed by atoms with E-state index >= 15 is 0 Å². The monoisotopic (exact) mass is 212 g/mol. The van der Waals surface area contributed by atoms with Crippen LogP contribution in [0.2, 0.25) is 0 Å². The first kappa shape index (κ1) is 8.46. The van der Waals surface area contributed by atoms with Gasteiger partial charge in [0.15, 0.2) is 0 Å². The summed E-state index contributed by atoms with van der Waals surface area (Å²) in [5.74, 6) is 0.562. The Morgan fingerprint density at radius 2 is 2.46 bits per heavy atom. The van der Waals surface area contributed by atoms with E-state index in [1.807, 2.05) is 11.4 Å². The SMILES string of the molecule is Nc1cc(NCc2nccs2)sn1. The van der Waals surface area contributed by atoms with E-state index in [9.17, 15) is 0 Å². The summed E-state index contributed by atoms with van der Waals surface area (Å²) in [7, 11) is 0. The highest BCUT2D eigenvalue weighted by Crippen LogP contribution is 2.18. The summed E-state index contributed by atoms with van der Waals surface area (Å²) in [6.07, 6.45) is 1.79. The lowest BCUT2D eigenvalue weighted by Gasteiger charge is -1.97. The van der Waals surface area contributed by atoms with E-state index in [2.05, 4.69) is 14.7 Å². The lowest BCUT2D eigenvalue weighted by atomic mass is 10.6. The Labute approximate surface area is 83.6 Å². The van der Waals surface area contributed by atoms with Crippen molar-refractivity contribution in [1.29, 1.82) is 0 Å². The van der Waals surface area contributed by atoms with Gasteiger partial charge in [0.05, 0.1) is 6.54 Å². The van der Waals surface area contributed by atoms with Crippen molar-refractivity contribution < 1.29 is 0 Å². The summed E-state index contributed by atoms with van der Waals surface area (Å²) in [5, 5.41) is 7.19. The quantitative estimate of drug-likeness (QED) is 0.814. The molecule has 2 aromatic rings. The lowest BCUT2D eigenvalue weighted by Crippen LogP contribution is -1.96. The van der Waals surface area contributed by atoms with Gasteiger partial charge in [0.1, 0.15) is 15.8 Å². The summed E-state index contributed by atoms with van der Waals surface area (Å²) >= 11 is 2.99. The van der Waals surface area contributed by atoms with Gasteiger partial charge in [-0.25, -0.2) is 4.98 Å². The number of nitrogen functional groups attached to an aromatic ring is 1. The minimum Gasteiger partial charge on any atom is -0.383 e. The Morgan fingerprint density at radius 3 is 3.08 bits per heavy atom. The largest absolute Gasteiger partial charge is 0.383 e. The van der Waals surface area contributed by atoms with Crippen molar-refractivity contribution in [3.05, 3.63) is 22.7 Å². The number of anilines is 2. The Morgan fingerprint density at radius 1 is 1.54 bits per heavy atom. The predicted octanol–water partition coefficient (Wildman–Crippen LogP) is 1.79. The molecule has 0 saturated heterocycles. The molecular weight excluding hydrogens is 204 g/mol. The first-order valence-electron chi connectivity index (χ1n) is 3.69. The van der Waals surface area contributed by atoms with Crippen LogP contribution in [0.5, 0.6) is 0 Å². The molecule has 0 atom stereocenters. The van der Waals surface area contributed by atoms with E-state index < -0.39 is 0 Å². The number of hydrogen-bond donors (Lipinski definition) is 2. The molecule has 0 unspecified atom stereocenters. The van der Waals surface area contributed by atoms with Crippen LogP contribution in [-0.4, -0.2) is 9.36 Å². The summed E-state index contributed by atoms with van der Waals surface area (Å²) in [5.41, 5.74) is 5.47. The van der Waals surface area contributed by atoms with Crippen molar-refractivity contribution in [3.63, 3.8) is 0 Å². The summed E-state index contributed by atoms with van der Waals surface area (Å²) < 4.78 is 3.96. The molecule has 13 heavy (non-hydrogen) atoms. The fraction of sp³-hybridized carbons (Fsp3) is 0.143. The molecular formula is C7H8N4S2. The molecule has 6 heteroatoms. The van der Waals surface area contributed by atoms with Gasteiger partial charge < -0.3 is 11.1 Å². The van der Waals surface area contributed by atoms with Crippen molar-refractivity contribution in [2.75, 3.05) is 11.1 Å². The molecule has 0 aromatic carbocycles. The first-order chi connectivity index (χ1) is 6.34. The fourth-order valence-corrected chi connectivity index (χ4v) is 2.00. The maximum Gasteiger partial charge on any atom is 0.139 e. The van der Waals surface area contributed by atoms with Gasteiger partial charge >= 0.3 is 0 Å². The molecule has 68 valence electrons. The number of nitrogens with zero attached hydrogens (tertiary/aromatic N) is 2. The molecule has 0 aliphatic rings. The standard InChI is InChI=1S/C7H8N4S2/c8-5-3-6(13-11-5)10-4-7-9-1-2-12-7/h1-3,10H,4H2,(H2,8,11). The summed E-state index contributed by atoms with van der Waals surface area (Å²) in [4.78, 5) is 4.15. The maximum absolute atomic E-state index is 5.47. The van der Waals surface area contributed by atoms with Gasteiger partial charge in [-0.2, -0.15) is 4.37 Å². The van der Waals surface area contributed by atoms with Gasteiger partial charge in [-0.05, 0) is 11.5 Å². The molecule has 0 aliphatic carbocycles. The van der Waals surface area contributed by atoms with Gasteiger partial charge in [0.25, 0.3) is 0 Å². The number of hydrogen-bond acceptors (Lipinski definition) is 6. The zero-order chi connectivity index (χ0) is 9.10. The highest BCUT2D eigenvalue weighted by atomic mass is 32.1. The highest BCUT2D eigenvalue weighted by Gasteiger charge is 1.98. The second-order valence-electron chi connectivity index (χ2n) is 2.40. The Kier molecular flexibility index (Phi) is 2.42. The van der Waals surface area contributed by atoms with Crippen LogP contribution in [0.4, 0.5) is 10.8 Å². The van der Waals surface area contributed by atoms with Crippen LogP contribution in [-0.2, 0) is 6.54 Å². The number of rotatable bonds is 3. The minimum atomic E-state index is 0.562. The van der Waals surface area contributed by atoms with Crippen LogP contribution in [0.15, 0.2) is 17.6 Å². The van der Waals surface area contributed by atoms with E-state index in [0.717, 1.165) is 16.6 Å². The van der Waals surface area contributed by atoms with E-state index in [1.54, 1.807) is 17.5 Å². The lowest BCUT2D eigenvalue weighted by molar-refractivity contribution is 1.11. The normalized spacial score (nSPS) is 10.2. The molecule has 0 fully saturated rings. The number of aromatic nitrogens is 2. The smallest absolute Gasteiger partial charge is 0.139 e. The third kappa shape index (κ3) is 2.16. The Balaban J connectivity index is 1.93. The molecule has 0 radical (unpaired) electrons. The van der Waals surface area contributed by atoms with Gasteiger partial charge in [-0.3, -0.25) is 0 Å². The fourth-order valence-electron chi connectivity index (χ4n) is 0.875. The highest BCUT2D eigenvalue weighted by molar-refractivity contribution is 7.10. The van der Waals surface area contributed by atoms with Gasteiger partial charge in [-0.1, -0.05) is 0 Å². The summed E-state index contributed by atoms with van der Waals surface area (Å²) in [6, 6.07) is 1.82. The van der Waals surface area contributed by atoms with E-state index in [-0.39, 0.29) is 0 Å². The van der Waals surface area contributed by atoms with Crippen molar-refractivity contribution in [3.8, 4) is 0 Å². The number of nitrogens with one attached hydrogen (secondary N) is 1. The van der Waals surface area contributed by atoms with Crippen molar-refractivity contribution in [1.82, 2.24) is 9.36 Å². The third-order valence-corrected chi connectivity index (χ3v) is 2.97. The van der Waals surface area contributed by atoms with Crippen LogP contribution in [0, 0.1) is 0 Å². The van der Waals surface area contributed by atoms with Crippen molar-refractivity contribution >= 4 is 33.7 Å². The zero-order valence-corrected chi connectivity index (χ0v) is 8.36. The van der Waals surface area contributed by atoms with Crippen LogP contribution in [0.25, 0.3) is 0 Å².